The van der Waals surface area contributed by atoms with E-state index in [-0.39, 0.29) is 6.42 Å². The molecule has 0 aliphatic carbocycles. The van der Waals surface area contributed by atoms with E-state index in [0.717, 1.165) is 59.3 Å². The second-order valence-electron chi connectivity index (χ2n) is 18.7. The SMILES string of the molecule is CCCCCC/C=C\CCCCCCCC(=O)NC1C(O)[C@H](O)C(CO)O[C@H]1O[C@@H]1C(CO)O[C@@H](O[C@@H]2C(CO)O[C@@H](O[C@@H]3C(OS(=O)(=O)O)O[C@@H](O)C(NC(C)=O)C3O)C(NC(C)=O)C2O)C(NC(C)=O)C1O. The van der Waals surface area contributed by atoms with Gasteiger partial charge in [0.25, 0.3) is 0 Å². The lowest BCUT2D eigenvalue weighted by Gasteiger charge is -2.50. The standard InChI is InChI=1S/C45H78N4O24S/c1-5-6-7-8-9-10-11-12-13-14-15-16-17-18-28(56)49-30-34(58)33(57)25(19-50)66-42(30)69-38-26(20-51)67-43(31(36(38)60)47-23(3)54)70-39-27(21-52)68-44(32(37(39)61)48-24(4)55)71-40-35(59)29(46-22(2)53)41(62)72-45(40)73-74(63,64)65/h10-11,25-27,29-45,50-52,57-62H,5-9,12-21H2,1-4H3,(H,46,53)(H,47,54)(H,48,55)(H,49,56)(H,63,64,65)/b11-10-/t25?,26?,27?,29?,30?,31?,32?,33-,34?,35?,36?,37?,38-,39-,40+,41-,42+,43+,44+,45?/m1/s1. The van der Waals surface area contributed by atoms with Crippen LogP contribution in [0, 0.1) is 0 Å². The van der Waals surface area contributed by atoms with Crippen LogP contribution in [0.2, 0.25) is 0 Å². The lowest BCUT2D eigenvalue weighted by molar-refractivity contribution is -0.369. The van der Waals surface area contributed by atoms with Gasteiger partial charge in [0.15, 0.2) is 25.2 Å². The number of carbonyl (C=O) groups is 4. The number of aliphatic hydroxyl groups excluding tert-OH is 9. The van der Waals surface area contributed by atoms with Crippen LogP contribution in [-0.4, -0.2) is 225 Å². The van der Waals surface area contributed by atoms with Crippen LogP contribution >= 0.6 is 0 Å². The minimum absolute atomic E-state index is 0.0234. The highest BCUT2D eigenvalue weighted by molar-refractivity contribution is 7.80. The lowest BCUT2D eigenvalue weighted by Crippen LogP contribution is -2.71. The van der Waals surface area contributed by atoms with Gasteiger partial charge >= 0.3 is 10.4 Å². The number of ether oxygens (including phenoxy) is 7. The summed E-state index contributed by atoms with van der Waals surface area (Å²) in [4.78, 5) is 50.3. The Balaban J connectivity index is 1.50. The number of nitrogens with one attached hydrogen (secondary N) is 4. The largest absolute Gasteiger partial charge is 0.399 e. The highest BCUT2D eigenvalue weighted by Crippen LogP contribution is 2.35. The van der Waals surface area contributed by atoms with E-state index in [1.165, 1.54) is 25.7 Å². The molecule has 14 N–H and O–H groups in total. The fraction of sp³-hybridized carbons (Fsp3) is 0.867. The molecule has 428 valence electrons. The van der Waals surface area contributed by atoms with Crippen LogP contribution in [0.1, 0.15) is 105 Å². The van der Waals surface area contributed by atoms with Gasteiger partial charge in [0.1, 0.15) is 91.3 Å². The first-order valence-electron chi connectivity index (χ1n) is 25.0. The van der Waals surface area contributed by atoms with Gasteiger partial charge in [0.2, 0.25) is 29.9 Å². The van der Waals surface area contributed by atoms with Crippen LogP contribution < -0.4 is 21.3 Å². The average molecular weight is 1090 g/mol. The van der Waals surface area contributed by atoms with Gasteiger partial charge in [-0.15, -0.1) is 0 Å². The topological polar surface area (TPSA) is 427 Å². The molecule has 0 aromatic rings. The third-order valence-electron chi connectivity index (χ3n) is 12.8. The van der Waals surface area contributed by atoms with E-state index in [9.17, 15) is 78.1 Å². The summed E-state index contributed by atoms with van der Waals surface area (Å²) < 4.78 is 78.1. The Morgan fingerprint density at radius 3 is 1.36 bits per heavy atom. The summed E-state index contributed by atoms with van der Waals surface area (Å²) in [7, 11) is -5.42. The highest BCUT2D eigenvalue weighted by atomic mass is 32.3. The molecule has 0 aromatic heterocycles. The number of hydrogen-bond acceptors (Lipinski definition) is 23. The van der Waals surface area contributed by atoms with Crippen molar-refractivity contribution in [1.82, 2.24) is 21.3 Å². The van der Waals surface area contributed by atoms with Gasteiger partial charge in [0, 0.05) is 27.2 Å². The van der Waals surface area contributed by atoms with Crippen molar-refractivity contribution in [1.29, 1.82) is 0 Å². The molecule has 4 saturated heterocycles. The Morgan fingerprint density at radius 1 is 0.500 bits per heavy atom. The van der Waals surface area contributed by atoms with Crippen molar-refractivity contribution in [2.45, 2.75) is 228 Å². The second-order valence-corrected chi connectivity index (χ2v) is 19.8. The van der Waals surface area contributed by atoms with Gasteiger partial charge in [-0.1, -0.05) is 57.6 Å². The Labute approximate surface area is 429 Å². The number of carbonyl (C=O) groups excluding carboxylic acids is 4. The number of aliphatic hydroxyl groups is 9. The minimum atomic E-state index is -5.42. The van der Waals surface area contributed by atoms with Crippen molar-refractivity contribution < 1.29 is 115 Å². The molecule has 0 aromatic carbocycles. The molecule has 4 aliphatic rings. The zero-order chi connectivity index (χ0) is 54.9. The number of unbranched alkanes of at least 4 members (excludes halogenated alkanes) is 9. The number of allylic oxidation sites excluding steroid dienone is 2. The molecule has 0 bridgehead atoms. The molecule has 0 saturated carbocycles. The fourth-order valence-electron chi connectivity index (χ4n) is 9.12. The molecule has 74 heavy (non-hydrogen) atoms. The molecular formula is C45H78N4O24S. The zero-order valence-corrected chi connectivity index (χ0v) is 42.7. The van der Waals surface area contributed by atoms with Crippen molar-refractivity contribution in [2.75, 3.05) is 19.8 Å². The maximum absolute atomic E-state index is 13.3. The monoisotopic (exact) mass is 1090 g/mol. The second kappa shape index (κ2) is 30.7. The molecule has 0 radical (unpaired) electrons. The Kier molecular flexibility index (Phi) is 26.3. The molecule has 4 fully saturated rings. The van der Waals surface area contributed by atoms with E-state index in [1.54, 1.807) is 0 Å². The van der Waals surface area contributed by atoms with E-state index in [0.29, 0.717) is 6.42 Å². The van der Waals surface area contributed by atoms with Crippen LogP contribution in [0.15, 0.2) is 12.2 Å². The molecule has 4 rings (SSSR count). The van der Waals surface area contributed by atoms with Crippen molar-refractivity contribution in [3.8, 4) is 0 Å². The van der Waals surface area contributed by atoms with E-state index in [1.807, 2.05) is 0 Å². The molecule has 4 aliphatic heterocycles. The molecule has 29 heteroatoms. The number of amides is 4. The molecule has 0 spiro atoms. The first-order valence-corrected chi connectivity index (χ1v) is 26.3. The smallest absolute Gasteiger partial charge is 0.394 e. The zero-order valence-electron chi connectivity index (χ0n) is 41.9. The molecular weight excluding hydrogens is 1010 g/mol. The predicted octanol–water partition coefficient (Wildman–Crippen LogP) is -4.15. The Bertz CT molecular complexity index is 1890. The minimum Gasteiger partial charge on any atom is -0.394 e. The fourth-order valence-corrected chi connectivity index (χ4v) is 9.52. The van der Waals surface area contributed by atoms with Crippen LogP contribution in [0.5, 0.6) is 0 Å². The van der Waals surface area contributed by atoms with Crippen molar-refractivity contribution >= 4 is 34.0 Å². The predicted molar refractivity (Wildman–Crippen MR) is 250 cm³/mol. The summed E-state index contributed by atoms with van der Waals surface area (Å²) >= 11 is 0. The van der Waals surface area contributed by atoms with Crippen molar-refractivity contribution in [3.05, 3.63) is 12.2 Å². The first-order chi connectivity index (χ1) is 35.0. The Hall–Kier alpha value is -3.15. The lowest BCUT2D eigenvalue weighted by atomic mass is 9.93. The molecule has 4 amide bonds. The number of hydrogen-bond donors (Lipinski definition) is 14. The molecule has 20 atom stereocenters. The molecule has 12 unspecified atom stereocenters. The number of rotatable bonds is 28. The molecule has 28 nitrogen and oxygen atoms in total. The summed E-state index contributed by atoms with van der Waals surface area (Å²) in [5.41, 5.74) is 0. The maximum Gasteiger partial charge on any atom is 0.399 e. The van der Waals surface area contributed by atoms with Gasteiger partial charge in [-0.25, -0.2) is 4.18 Å². The quantitative estimate of drug-likeness (QED) is 0.0201. The van der Waals surface area contributed by atoms with Crippen molar-refractivity contribution in [2.24, 2.45) is 0 Å². The summed E-state index contributed by atoms with van der Waals surface area (Å²) in [6, 6.07) is -6.76. The van der Waals surface area contributed by atoms with Gasteiger partial charge in [-0.2, -0.15) is 8.42 Å². The van der Waals surface area contributed by atoms with Crippen LogP contribution in [0.3, 0.4) is 0 Å². The Morgan fingerprint density at radius 2 is 0.905 bits per heavy atom. The van der Waals surface area contributed by atoms with Gasteiger partial charge < -0.3 is 100 Å². The van der Waals surface area contributed by atoms with E-state index in [2.05, 4.69) is 44.5 Å². The normalized spacial score (nSPS) is 36.8. The van der Waals surface area contributed by atoms with Gasteiger partial charge in [-0.05, 0) is 32.1 Å². The summed E-state index contributed by atoms with van der Waals surface area (Å²) in [6.45, 7) is 2.38. The summed E-state index contributed by atoms with van der Waals surface area (Å²) in [6.07, 6.45) is -15.0. The van der Waals surface area contributed by atoms with Gasteiger partial charge in [-0.3, -0.25) is 23.7 Å². The highest BCUT2D eigenvalue weighted by Gasteiger charge is 2.57. The van der Waals surface area contributed by atoms with Crippen LogP contribution in [0.4, 0.5) is 0 Å². The summed E-state index contributed by atoms with van der Waals surface area (Å²) in [5, 5.41) is 108. The van der Waals surface area contributed by atoms with E-state index in [4.69, 9.17) is 33.2 Å². The first kappa shape index (κ1) is 63.4. The van der Waals surface area contributed by atoms with E-state index < -0.39 is 177 Å². The van der Waals surface area contributed by atoms with Crippen LogP contribution in [0.25, 0.3) is 0 Å². The average Bonchev–Trinajstić information content (AvgIpc) is 3.32. The van der Waals surface area contributed by atoms with Crippen LogP contribution in [-0.2, 0) is 66.9 Å². The van der Waals surface area contributed by atoms with E-state index >= 15 is 0 Å². The molecule has 4 heterocycles. The van der Waals surface area contributed by atoms with Crippen molar-refractivity contribution in [3.63, 3.8) is 0 Å². The third-order valence-corrected chi connectivity index (χ3v) is 13.3. The van der Waals surface area contributed by atoms with Gasteiger partial charge in [0.05, 0.1) is 19.8 Å². The third kappa shape index (κ3) is 18.5. The summed E-state index contributed by atoms with van der Waals surface area (Å²) in [5.74, 6) is -3.01. The maximum atomic E-state index is 13.3.